The standard InChI is InChI=1S/C21H22N2O5S2/c1-5-28-19(24)12-23-17-7-6-16(30(4,26)27)11-18(17)29-21(23)22-20(25)15-9-13(2)8-14(3)10-15/h6-11H,5,12H2,1-4H3. The highest BCUT2D eigenvalue weighted by atomic mass is 32.2. The number of fused-ring (bicyclic) bond motifs is 1. The molecule has 30 heavy (non-hydrogen) atoms. The van der Waals surface area contributed by atoms with Gasteiger partial charge in [-0.3, -0.25) is 9.59 Å². The molecule has 1 amide bonds. The van der Waals surface area contributed by atoms with Crippen LogP contribution < -0.4 is 4.80 Å². The molecule has 3 rings (SSSR count). The number of aryl methyl sites for hydroxylation is 2. The van der Waals surface area contributed by atoms with Gasteiger partial charge < -0.3 is 9.30 Å². The molecule has 0 spiro atoms. The van der Waals surface area contributed by atoms with E-state index < -0.39 is 21.7 Å². The Bertz CT molecular complexity index is 1300. The van der Waals surface area contributed by atoms with Gasteiger partial charge in [-0.2, -0.15) is 4.99 Å². The molecule has 158 valence electrons. The Balaban J connectivity index is 2.18. The number of hydrogen-bond acceptors (Lipinski definition) is 6. The van der Waals surface area contributed by atoms with Crippen molar-refractivity contribution >= 4 is 43.3 Å². The van der Waals surface area contributed by atoms with E-state index in [-0.39, 0.29) is 18.0 Å². The van der Waals surface area contributed by atoms with Crippen LogP contribution in [0.3, 0.4) is 0 Å². The zero-order valence-corrected chi connectivity index (χ0v) is 18.8. The molecule has 0 saturated carbocycles. The normalized spacial score (nSPS) is 12.3. The predicted molar refractivity (Wildman–Crippen MR) is 115 cm³/mol. The van der Waals surface area contributed by atoms with Gasteiger partial charge in [-0.05, 0) is 51.1 Å². The number of nitrogens with zero attached hydrogens (tertiary/aromatic N) is 2. The smallest absolute Gasteiger partial charge is 0.326 e. The summed E-state index contributed by atoms with van der Waals surface area (Å²) in [6.45, 7) is 5.61. The van der Waals surface area contributed by atoms with E-state index in [9.17, 15) is 18.0 Å². The lowest BCUT2D eigenvalue weighted by Gasteiger charge is -2.06. The van der Waals surface area contributed by atoms with Crippen LogP contribution in [0, 0.1) is 13.8 Å². The average Bonchev–Trinajstić information content (AvgIpc) is 2.96. The summed E-state index contributed by atoms with van der Waals surface area (Å²) < 4.78 is 31.0. The second-order valence-corrected chi connectivity index (χ2v) is 10.00. The molecule has 7 nitrogen and oxygen atoms in total. The number of sulfone groups is 1. The van der Waals surface area contributed by atoms with Crippen LogP contribution in [0.2, 0.25) is 0 Å². The highest BCUT2D eigenvalue weighted by molar-refractivity contribution is 7.90. The summed E-state index contributed by atoms with van der Waals surface area (Å²) in [6.07, 6.45) is 1.13. The van der Waals surface area contributed by atoms with Crippen molar-refractivity contribution in [2.45, 2.75) is 32.2 Å². The Hall–Kier alpha value is -2.78. The summed E-state index contributed by atoms with van der Waals surface area (Å²) in [6, 6.07) is 10.1. The van der Waals surface area contributed by atoms with Crippen LogP contribution >= 0.6 is 11.3 Å². The second kappa shape index (κ2) is 8.53. The van der Waals surface area contributed by atoms with E-state index >= 15 is 0 Å². The Morgan fingerprint density at radius 3 is 2.37 bits per heavy atom. The molecule has 0 N–H and O–H groups in total. The van der Waals surface area contributed by atoms with E-state index in [0.29, 0.717) is 20.6 Å². The lowest BCUT2D eigenvalue weighted by atomic mass is 10.1. The molecule has 0 fully saturated rings. The fourth-order valence-electron chi connectivity index (χ4n) is 3.11. The Morgan fingerprint density at radius 2 is 1.77 bits per heavy atom. The number of carbonyl (C=O) groups is 2. The van der Waals surface area contributed by atoms with E-state index in [1.807, 2.05) is 19.9 Å². The van der Waals surface area contributed by atoms with Crippen molar-refractivity contribution in [3.05, 3.63) is 57.9 Å². The summed E-state index contributed by atoms with van der Waals surface area (Å²) >= 11 is 1.15. The monoisotopic (exact) mass is 446 g/mol. The van der Waals surface area contributed by atoms with Gasteiger partial charge in [-0.15, -0.1) is 0 Å². The van der Waals surface area contributed by atoms with Crippen molar-refractivity contribution in [3.8, 4) is 0 Å². The number of carbonyl (C=O) groups excluding carboxylic acids is 2. The first-order valence-electron chi connectivity index (χ1n) is 9.25. The molecular weight excluding hydrogens is 424 g/mol. The van der Waals surface area contributed by atoms with Crippen molar-refractivity contribution in [2.75, 3.05) is 12.9 Å². The number of amides is 1. The Labute approximate surface area is 178 Å². The van der Waals surface area contributed by atoms with Gasteiger partial charge in [-0.1, -0.05) is 28.5 Å². The largest absolute Gasteiger partial charge is 0.465 e. The lowest BCUT2D eigenvalue weighted by Crippen LogP contribution is -2.23. The summed E-state index contributed by atoms with van der Waals surface area (Å²) in [7, 11) is -3.40. The van der Waals surface area contributed by atoms with Crippen LogP contribution in [0.1, 0.15) is 28.4 Å². The van der Waals surface area contributed by atoms with Crippen LogP contribution in [0.15, 0.2) is 46.3 Å². The van der Waals surface area contributed by atoms with Crippen LogP contribution in [0.25, 0.3) is 10.2 Å². The lowest BCUT2D eigenvalue weighted by molar-refractivity contribution is -0.143. The van der Waals surface area contributed by atoms with Crippen molar-refractivity contribution in [1.29, 1.82) is 0 Å². The van der Waals surface area contributed by atoms with E-state index in [1.165, 1.54) is 12.1 Å². The first-order chi connectivity index (χ1) is 14.1. The molecule has 9 heteroatoms. The zero-order valence-electron chi connectivity index (χ0n) is 17.1. The van der Waals surface area contributed by atoms with Crippen molar-refractivity contribution in [3.63, 3.8) is 0 Å². The third kappa shape index (κ3) is 4.85. The summed E-state index contributed by atoms with van der Waals surface area (Å²) in [4.78, 5) is 29.6. The van der Waals surface area contributed by atoms with E-state index in [2.05, 4.69) is 4.99 Å². The molecule has 0 bridgehead atoms. The van der Waals surface area contributed by atoms with Crippen molar-refractivity contribution in [1.82, 2.24) is 4.57 Å². The number of hydrogen-bond donors (Lipinski definition) is 0. The topological polar surface area (TPSA) is 94.8 Å². The average molecular weight is 447 g/mol. The fraction of sp³-hybridized carbons (Fsp3) is 0.286. The summed E-state index contributed by atoms with van der Waals surface area (Å²) in [5.41, 5.74) is 2.95. The highest BCUT2D eigenvalue weighted by Gasteiger charge is 2.16. The molecule has 0 unspecified atom stereocenters. The van der Waals surface area contributed by atoms with Crippen LogP contribution in [0.5, 0.6) is 0 Å². The molecule has 0 aliphatic heterocycles. The van der Waals surface area contributed by atoms with Crippen LogP contribution in [-0.2, 0) is 25.9 Å². The minimum Gasteiger partial charge on any atom is -0.465 e. The van der Waals surface area contributed by atoms with Gasteiger partial charge in [0.05, 0.1) is 21.7 Å². The third-order valence-electron chi connectivity index (χ3n) is 4.34. The van der Waals surface area contributed by atoms with Gasteiger partial charge in [0.1, 0.15) is 6.54 Å². The van der Waals surface area contributed by atoms with Crippen molar-refractivity contribution in [2.24, 2.45) is 4.99 Å². The van der Waals surface area contributed by atoms with Crippen LogP contribution in [0.4, 0.5) is 0 Å². The maximum atomic E-state index is 12.8. The van der Waals surface area contributed by atoms with Gasteiger partial charge in [0.25, 0.3) is 5.91 Å². The molecule has 1 aromatic heterocycles. The number of benzene rings is 2. The SMILES string of the molecule is CCOC(=O)Cn1c(=NC(=O)c2cc(C)cc(C)c2)sc2cc(S(C)(=O)=O)ccc21. The molecular formula is C21H22N2O5S2. The van der Waals surface area contributed by atoms with Gasteiger partial charge in [0.2, 0.25) is 0 Å². The second-order valence-electron chi connectivity index (χ2n) is 6.97. The molecule has 0 aliphatic carbocycles. The Morgan fingerprint density at radius 1 is 1.10 bits per heavy atom. The highest BCUT2D eigenvalue weighted by Crippen LogP contribution is 2.22. The van der Waals surface area contributed by atoms with Gasteiger partial charge in [0.15, 0.2) is 14.6 Å². The molecule has 3 aromatic rings. The zero-order chi connectivity index (χ0) is 22.1. The van der Waals surface area contributed by atoms with E-state index in [4.69, 9.17) is 4.74 Å². The molecule has 0 atom stereocenters. The maximum absolute atomic E-state index is 12.8. The Kier molecular flexibility index (Phi) is 6.23. The molecule has 0 radical (unpaired) electrons. The first-order valence-corrected chi connectivity index (χ1v) is 12.0. The van der Waals surface area contributed by atoms with Gasteiger partial charge in [0, 0.05) is 11.8 Å². The maximum Gasteiger partial charge on any atom is 0.326 e. The molecule has 0 aliphatic rings. The van der Waals surface area contributed by atoms with E-state index in [0.717, 1.165) is 28.7 Å². The predicted octanol–water partition coefficient (Wildman–Crippen LogP) is 3.03. The number of ether oxygens (including phenoxy) is 1. The van der Waals surface area contributed by atoms with Crippen molar-refractivity contribution < 1.29 is 22.7 Å². The fourth-order valence-corrected chi connectivity index (χ4v) is 4.90. The van der Waals surface area contributed by atoms with E-state index in [1.54, 1.807) is 29.7 Å². The third-order valence-corrected chi connectivity index (χ3v) is 6.49. The number of aromatic nitrogens is 1. The summed E-state index contributed by atoms with van der Waals surface area (Å²) in [5, 5.41) is 0. The number of thiazole rings is 1. The number of esters is 1. The van der Waals surface area contributed by atoms with Gasteiger partial charge >= 0.3 is 5.97 Å². The minimum atomic E-state index is -3.40. The molecule has 2 aromatic carbocycles. The quantitative estimate of drug-likeness (QED) is 0.562. The molecule has 1 heterocycles. The van der Waals surface area contributed by atoms with Crippen LogP contribution in [-0.4, -0.2) is 37.7 Å². The number of rotatable bonds is 5. The first kappa shape index (κ1) is 21.9. The van der Waals surface area contributed by atoms with Gasteiger partial charge in [-0.25, -0.2) is 8.42 Å². The minimum absolute atomic E-state index is 0.134. The molecule has 0 saturated heterocycles. The summed E-state index contributed by atoms with van der Waals surface area (Å²) in [5.74, 6) is -0.904.